The number of aryl methyl sites for hydroxylation is 3. The van der Waals surface area contributed by atoms with Crippen LogP contribution in [0.15, 0.2) is 10.9 Å². The highest BCUT2D eigenvalue weighted by Crippen LogP contribution is 2.19. The standard InChI is InChI=1S/C18H25N5O2/c1-5-21(6-2)16(24)11-22-17(25)14-8-7-9-15(14)19-18(22)23-13(4)10-12(3)20-23/h10H,5-9,11H2,1-4H3. The normalized spacial score (nSPS) is 13.1. The maximum atomic E-state index is 13.0. The molecule has 0 radical (unpaired) electrons. The Morgan fingerprint density at radius 2 is 1.96 bits per heavy atom. The van der Waals surface area contributed by atoms with Gasteiger partial charge in [-0.2, -0.15) is 5.10 Å². The van der Waals surface area contributed by atoms with Gasteiger partial charge in [0.05, 0.1) is 11.4 Å². The average Bonchev–Trinajstić information content (AvgIpc) is 3.17. The fraction of sp³-hybridized carbons (Fsp3) is 0.556. The molecule has 0 N–H and O–H groups in total. The summed E-state index contributed by atoms with van der Waals surface area (Å²) >= 11 is 0. The molecule has 1 aliphatic carbocycles. The number of fused-ring (bicyclic) bond motifs is 1. The van der Waals surface area contributed by atoms with Gasteiger partial charge in [-0.3, -0.25) is 14.2 Å². The van der Waals surface area contributed by atoms with E-state index in [-0.39, 0.29) is 18.0 Å². The minimum atomic E-state index is -0.106. The Kier molecular flexibility index (Phi) is 4.74. The van der Waals surface area contributed by atoms with Crippen LogP contribution in [0, 0.1) is 13.8 Å². The third-order valence-corrected chi connectivity index (χ3v) is 4.78. The lowest BCUT2D eigenvalue weighted by Crippen LogP contribution is -2.39. The van der Waals surface area contributed by atoms with Crippen LogP contribution in [0.4, 0.5) is 0 Å². The van der Waals surface area contributed by atoms with Gasteiger partial charge >= 0.3 is 0 Å². The first kappa shape index (κ1) is 17.4. The van der Waals surface area contributed by atoms with Crippen molar-refractivity contribution >= 4 is 5.91 Å². The Morgan fingerprint density at radius 3 is 2.56 bits per heavy atom. The molecular formula is C18H25N5O2. The highest BCUT2D eigenvalue weighted by molar-refractivity contribution is 5.76. The number of nitrogens with zero attached hydrogens (tertiary/aromatic N) is 5. The molecule has 1 aliphatic rings. The van der Waals surface area contributed by atoms with E-state index in [1.165, 1.54) is 4.57 Å². The SMILES string of the molecule is CCN(CC)C(=O)Cn1c(-n2nc(C)cc2C)nc2c(c1=O)CCC2. The van der Waals surface area contributed by atoms with Gasteiger partial charge in [0.15, 0.2) is 0 Å². The van der Waals surface area contributed by atoms with Gasteiger partial charge in [0, 0.05) is 24.3 Å². The van der Waals surface area contributed by atoms with E-state index in [1.807, 2.05) is 33.8 Å². The Balaban J connectivity index is 2.14. The minimum Gasteiger partial charge on any atom is -0.342 e. The fourth-order valence-electron chi connectivity index (χ4n) is 3.46. The molecular weight excluding hydrogens is 318 g/mol. The summed E-state index contributed by atoms with van der Waals surface area (Å²) in [6.07, 6.45) is 2.47. The third-order valence-electron chi connectivity index (χ3n) is 4.78. The van der Waals surface area contributed by atoms with Crippen LogP contribution in [0.1, 0.15) is 42.9 Å². The van der Waals surface area contributed by atoms with Gasteiger partial charge < -0.3 is 4.90 Å². The summed E-state index contributed by atoms with van der Waals surface area (Å²) in [6, 6.07) is 1.94. The van der Waals surface area contributed by atoms with Crippen LogP contribution in [0.3, 0.4) is 0 Å². The highest BCUT2D eigenvalue weighted by Gasteiger charge is 2.24. The first-order valence-corrected chi connectivity index (χ1v) is 8.90. The number of carbonyl (C=O) groups is 1. The molecule has 25 heavy (non-hydrogen) atoms. The Morgan fingerprint density at radius 1 is 1.24 bits per heavy atom. The van der Waals surface area contributed by atoms with Gasteiger partial charge in [0.25, 0.3) is 5.56 Å². The van der Waals surface area contributed by atoms with Gasteiger partial charge in [-0.15, -0.1) is 0 Å². The number of carbonyl (C=O) groups excluding carboxylic acids is 1. The predicted octanol–water partition coefficient (Wildman–Crippen LogP) is 1.40. The second-order valence-electron chi connectivity index (χ2n) is 6.49. The number of likely N-dealkylation sites (N-methyl/N-ethyl adjacent to an activating group) is 1. The molecule has 2 aromatic rings. The number of amides is 1. The lowest BCUT2D eigenvalue weighted by molar-refractivity contribution is -0.131. The fourth-order valence-corrected chi connectivity index (χ4v) is 3.46. The average molecular weight is 343 g/mol. The predicted molar refractivity (Wildman–Crippen MR) is 95.0 cm³/mol. The topological polar surface area (TPSA) is 73.0 Å². The monoisotopic (exact) mass is 343 g/mol. The zero-order chi connectivity index (χ0) is 18.1. The molecule has 134 valence electrons. The molecule has 7 heteroatoms. The van der Waals surface area contributed by atoms with Gasteiger partial charge in [-0.05, 0) is 53.0 Å². The van der Waals surface area contributed by atoms with E-state index in [0.29, 0.717) is 19.0 Å². The van der Waals surface area contributed by atoms with Crippen molar-refractivity contribution in [1.82, 2.24) is 24.2 Å². The number of hydrogen-bond acceptors (Lipinski definition) is 4. The zero-order valence-corrected chi connectivity index (χ0v) is 15.4. The van der Waals surface area contributed by atoms with Crippen molar-refractivity contribution in [2.75, 3.05) is 13.1 Å². The maximum Gasteiger partial charge on any atom is 0.258 e. The van der Waals surface area contributed by atoms with Crippen molar-refractivity contribution in [2.24, 2.45) is 0 Å². The van der Waals surface area contributed by atoms with Crippen molar-refractivity contribution in [2.45, 2.75) is 53.5 Å². The second-order valence-corrected chi connectivity index (χ2v) is 6.49. The van der Waals surface area contributed by atoms with E-state index in [4.69, 9.17) is 4.98 Å². The van der Waals surface area contributed by atoms with Crippen LogP contribution in [0.5, 0.6) is 0 Å². The van der Waals surface area contributed by atoms with Gasteiger partial charge in [-0.25, -0.2) is 9.67 Å². The molecule has 0 saturated heterocycles. The van der Waals surface area contributed by atoms with Crippen molar-refractivity contribution in [3.05, 3.63) is 39.1 Å². The van der Waals surface area contributed by atoms with Gasteiger partial charge in [0.1, 0.15) is 6.54 Å². The van der Waals surface area contributed by atoms with Crippen LogP contribution in [0.2, 0.25) is 0 Å². The largest absolute Gasteiger partial charge is 0.342 e. The molecule has 1 amide bonds. The van der Waals surface area contributed by atoms with Crippen LogP contribution in [0.25, 0.3) is 5.95 Å². The molecule has 0 unspecified atom stereocenters. The van der Waals surface area contributed by atoms with E-state index in [1.54, 1.807) is 9.58 Å². The summed E-state index contributed by atoms with van der Waals surface area (Å²) in [5.74, 6) is 0.367. The van der Waals surface area contributed by atoms with E-state index in [9.17, 15) is 9.59 Å². The lowest BCUT2D eigenvalue weighted by atomic mass is 10.2. The van der Waals surface area contributed by atoms with Crippen LogP contribution >= 0.6 is 0 Å². The second kappa shape index (κ2) is 6.82. The smallest absolute Gasteiger partial charge is 0.258 e. The van der Waals surface area contributed by atoms with E-state index < -0.39 is 0 Å². The summed E-state index contributed by atoms with van der Waals surface area (Å²) in [6.45, 7) is 8.94. The number of aromatic nitrogens is 4. The molecule has 2 aromatic heterocycles. The zero-order valence-electron chi connectivity index (χ0n) is 15.4. The van der Waals surface area contributed by atoms with Crippen LogP contribution in [-0.2, 0) is 24.2 Å². The Bertz CT molecular complexity index is 861. The van der Waals surface area contributed by atoms with E-state index in [2.05, 4.69) is 5.10 Å². The van der Waals surface area contributed by atoms with E-state index in [0.717, 1.165) is 41.9 Å². The van der Waals surface area contributed by atoms with Crippen LogP contribution in [-0.4, -0.2) is 43.2 Å². The molecule has 0 saturated carbocycles. The van der Waals surface area contributed by atoms with Crippen molar-refractivity contribution in [3.63, 3.8) is 0 Å². The quantitative estimate of drug-likeness (QED) is 0.823. The maximum absolute atomic E-state index is 13.0. The Hall–Kier alpha value is -2.44. The molecule has 0 bridgehead atoms. The summed E-state index contributed by atoms with van der Waals surface area (Å²) in [4.78, 5) is 32.1. The molecule has 3 rings (SSSR count). The first-order valence-electron chi connectivity index (χ1n) is 8.90. The molecule has 0 fully saturated rings. The molecule has 0 aliphatic heterocycles. The van der Waals surface area contributed by atoms with Crippen molar-refractivity contribution in [3.8, 4) is 5.95 Å². The highest BCUT2D eigenvalue weighted by atomic mass is 16.2. The first-order chi connectivity index (χ1) is 12.0. The third kappa shape index (κ3) is 3.10. The molecule has 2 heterocycles. The summed E-state index contributed by atoms with van der Waals surface area (Å²) in [7, 11) is 0. The van der Waals surface area contributed by atoms with Crippen LogP contribution < -0.4 is 5.56 Å². The summed E-state index contributed by atoms with van der Waals surface area (Å²) < 4.78 is 3.16. The van der Waals surface area contributed by atoms with E-state index >= 15 is 0 Å². The minimum absolute atomic E-state index is 0.00548. The van der Waals surface area contributed by atoms with Gasteiger partial charge in [-0.1, -0.05) is 0 Å². The molecule has 0 spiro atoms. The van der Waals surface area contributed by atoms with Crippen molar-refractivity contribution < 1.29 is 4.79 Å². The van der Waals surface area contributed by atoms with Crippen molar-refractivity contribution in [1.29, 1.82) is 0 Å². The molecule has 0 aromatic carbocycles. The summed E-state index contributed by atoms with van der Waals surface area (Å²) in [5.41, 5.74) is 3.24. The molecule has 7 nitrogen and oxygen atoms in total. The summed E-state index contributed by atoms with van der Waals surface area (Å²) in [5, 5.41) is 4.47. The lowest BCUT2D eigenvalue weighted by Gasteiger charge is -2.21. The van der Waals surface area contributed by atoms with Gasteiger partial charge in [0.2, 0.25) is 11.9 Å². The molecule has 0 atom stereocenters. The Labute approximate surface area is 147 Å². The number of hydrogen-bond donors (Lipinski definition) is 0. The number of rotatable bonds is 5.